The Hall–Kier alpha value is -4.12. The van der Waals surface area contributed by atoms with Gasteiger partial charge in [-0.25, -0.2) is 9.07 Å². The average Bonchev–Trinajstić information content (AvgIpc) is 3.54. The molecule has 0 radical (unpaired) electrons. The Morgan fingerprint density at radius 1 is 1.00 bits per heavy atom. The topological polar surface area (TPSA) is 72.7 Å². The summed E-state index contributed by atoms with van der Waals surface area (Å²) in [5.74, 6) is -1.67. The van der Waals surface area contributed by atoms with Crippen LogP contribution in [0.5, 0.6) is 0 Å². The van der Waals surface area contributed by atoms with Gasteiger partial charge in [-0.2, -0.15) is 18.3 Å². The van der Waals surface area contributed by atoms with Crippen LogP contribution in [-0.4, -0.2) is 25.9 Å². The monoisotopic (exact) mass is 539 g/mol. The first-order chi connectivity index (χ1) is 18.1. The molecule has 0 aliphatic rings. The zero-order valence-corrected chi connectivity index (χ0v) is 21.0. The fourth-order valence-corrected chi connectivity index (χ4v) is 5.07. The van der Waals surface area contributed by atoms with E-state index in [-0.39, 0.29) is 11.6 Å². The van der Waals surface area contributed by atoms with Gasteiger partial charge >= 0.3 is 6.18 Å². The van der Waals surface area contributed by atoms with Crippen molar-refractivity contribution in [2.75, 3.05) is 5.32 Å². The summed E-state index contributed by atoms with van der Waals surface area (Å²) in [6.45, 7) is 3.64. The number of halogens is 4. The number of rotatable bonds is 6. The second-order valence-electron chi connectivity index (χ2n) is 9.30. The Balaban J connectivity index is 1.60. The molecule has 194 valence electrons. The molecule has 1 N–H and O–H groups in total. The SMILES string of the molecule is CC(C)(C(=O)Nc1nncs1)C(c1ccccc1)c1ccc2c(cnn2-c2ccc(F)cc2C(F)(F)F)c1. The van der Waals surface area contributed by atoms with Gasteiger partial charge in [-0.05, 0) is 41.5 Å². The molecule has 0 aliphatic heterocycles. The maximum absolute atomic E-state index is 13.7. The van der Waals surface area contributed by atoms with Crippen LogP contribution in [0.1, 0.15) is 36.5 Å². The number of benzene rings is 3. The number of fused-ring (bicyclic) bond motifs is 1. The highest BCUT2D eigenvalue weighted by atomic mass is 32.1. The van der Waals surface area contributed by atoms with Crippen molar-refractivity contribution in [3.05, 3.63) is 101 Å². The Morgan fingerprint density at radius 3 is 2.45 bits per heavy atom. The number of nitrogens with one attached hydrogen (secondary N) is 1. The number of nitrogens with zero attached hydrogens (tertiary/aromatic N) is 4. The second-order valence-corrected chi connectivity index (χ2v) is 10.1. The van der Waals surface area contributed by atoms with E-state index in [9.17, 15) is 22.4 Å². The molecule has 5 rings (SSSR count). The summed E-state index contributed by atoms with van der Waals surface area (Å²) in [6, 6.07) is 17.2. The Kier molecular flexibility index (Phi) is 6.47. The van der Waals surface area contributed by atoms with Crippen molar-refractivity contribution >= 4 is 33.3 Å². The lowest BCUT2D eigenvalue weighted by Gasteiger charge is -2.33. The van der Waals surface area contributed by atoms with Crippen molar-refractivity contribution < 1.29 is 22.4 Å². The molecular weight excluding hydrogens is 518 g/mol. The maximum Gasteiger partial charge on any atom is 0.418 e. The van der Waals surface area contributed by atoms with Crippen LogP contribution in [0.3, 0.4) is 0 Å². The van der Waals surface area contributed by atoms with Gasteiger partial charge in [0.1, 0.15) is 11.3 Å². The second kappa shape index (κ2) is 9.64. The highest BCUT2D eigenvalue weighted by molar-refractivity contribution is 7.13. The first-order valence-electron chi connectivity index (χ1n) is 11.5. The van der Waals surface area contributed by atoms with Gasteiger partial charge in [-0.1, -0.05) is 61.6 Å². The third kappa shape index (κ3) is 4.76. The molecule has 0 aliphatic carbocycles. The van der Waals surface area contributed by atoms with Crippen molar-refractivity contribution in [1.29, 1.82) is 0 Å². The molecule has 0 fully saturated rings. The average molecular weight is 540 g/mol. The van der Waals surface area contributed by atoms with Crippen molar-refractivity contribution in [1.82, 2.24) is 20.0 Å². The van der Waals surface area contributed by atoms with E-state index in [1.54, 1.807) is 12.1 Å². The van der Waals surface area contributed by atoms with E-state index in [0.29, 0.717) is 22.1 Å². The molecule has 6 nitrogen and oxygen atoms in total. The summed E-state index contributed by atoms with van der Waals surface area (Å²) >= 11 is 1.21. The number of hydrogen-bond acceptors (Lipinski definition) is 5. The number of aromatic nitrogens is 4. The largest absolute Gasteiger partial charge is 0.418 e. The Bertz CT molecular complexity index is 1600. The van der Waals surface area contributed by atoms with E-state index in [0.717, 1.165) is 27.9 Å². The molecule has 0 saturated heterocycles. The van der Waals surface area contributed by atoms with E-state index in [1.807, 2.05) is 50.2 Å². The minimum absolute atomic E-state index is 0.264. The van der Waals surface area contributed by atoms with Gasteiger partial charge in [0.05, 0.1) is 28.4 Å². The lowest BCUT2D eigenvalue weighted by atomic mass is 9.70. The molecule has 1 unspecified atom stereocenters. The zero-order chi connectivity index (χ0) is 27.1. The van der Waals surface area contributed by atoms with Gasteiger partial charge < -0.3 is 5.32 Å². The number of amides is 1. The maximum atomic E-state index is 13.7. The molecule has 11 heteroatoms. The minimum Gasteiger partial charge on any atom is -0.300 e. The quantitative estimate of drug-likeness (QED) is 0.240. The fraction of sp³-hybridized carbons (Fsp3) is 0.185. The summed E-state index contributed by atoms with van der Waals surface area (Å²) in [5, 5.41) is 15.6. The molecule has 0 spiro atoms. The standard InChI is InChI=1S/C27H21F4N5OS/c1-26(2,24(37)34-25-35-32-15-38-25)23(16-6-4-3-5-7-16)17-8-10-21-18(12-17)14-33-36(21)22-11-9-19(28)13-20(22)27(29,30)31/h3-15,23H,1-2H3,(H,34,35,37). The van der Waals surface area contributed by atoms with E-state index < -0.39 is 28.9 Å². The molecule has 1 amide bonds. The number of alkyl halides is 3. The Labute approximate surface area is 219 Å². The molecule has 2 heterocycles. The molecule has 5 aromatic rings. The van der Waals surface area contributed by atoms with Crippen molar-refractivity contribution in [2.45, 2.75) is 25.9 Å². The van der Waals surface area contributed by atoms with Crippen LogP contribution < -0.4 is 5.32 Å². The van der Waals surface area contributed by atoms with Crippen LogP contribution >= 0.6 is 11.3 Å². The van der Waals surface area contributed by atoms with Crippen LogP contribution in [-0.2, 0) is 11.0 Å². The lowest BCUT2D eigenvalue weighted by molar-refractivity contribution is -0.137. The van der Waals surface area contributed by atoms with E-state index >= 15 is 0 Å². The molecule has 1 atom stereocenters. The van der Waals surface area contributed by atoms with Gasteiger partial charge in [0.2, 0.25) is 11.0 Å². The highest BCUT2D eigenvalue weighted by Gasteiger charge is 2.40. The van der Waals surface area contributed by atoms with Crippen molar-refractivity contribution in [3.63, 3.8) is 0 Å². The molecule has 0 bridgehead atoms. The molecule has 2 aromatic heterocycles. The van der Waals surface area contributed by atoms with Crippen LogP contribution in [0.4, 0.5) is 22.7 Å². The molecule has 3 aromatic carbocycles. The normalized spacial score (nSPS) is 13.0. The smallest absolute Gasteiger partial charge is 0.300 e. The van der Waals surface area contributed by atoms with Gasteiger partial charge in [0, 0.05) is 11.3 Å². The molecule has 0 saturated carbocycles. The minimum atomic E-state index is -4.77. The van der Waals surface area contributed by atoms with Crippen molar-refractivity contribution in [2.24, 2.45) is 5.41 Å². The lowest BCUT2D eigenvalue weighted by Crippen LogP contribution is -2.37. The van der Waals surface area contributed by atoms with Crippen molar-refractivity contribution in [3.8, 4) is 5.69 Å². The van der Waals surface area contributed by atoms with E-state index in [1.165, 1.54) is 23.0 Å². The van der Waals surface area contributed by atoms with Crippen LogP contribution in [0.2, 0.25) is 0 Å². The highest BCUT2D eigenvalue weighted by Crippen LogP contribution is 2.43. The Morgan fingerprint density at radius 2 is 1.76 bits per heavy atom. The third-order valence-corrected chi connectivity index (χ3v) is 7.04. The van der Waals surface area contributed by atoms with Crippen LogP contribution in [0.25, 0.3) is 16.6 Å². The zero-order valence-electron chi connectivity index (χ0n) is 20.2. The van der Waals surface area contributed by atoms with Gasteiger partial charge in [0.25, 0.3) is 0 Å². The fourth-order valence-electron chi connectivity index (χ4n) is 4.63. The summed E-state index contributed by atoms with van der Waals surface area (Å²) in [5.41, 5.74) is 1.23. The summed E-state index contributed by atoms with van der Waals surface area (Å²) in [6.07, 6.45) is -3.31. The number of hydrogen-bond donors (Lipinski definition) is 1. The predicted octanol–water partition coefficient (Wildman–Crippen LogP) is 6.83. The van der Waals surface area contributed by atoms with Gasteiger partial charge in [0.15, 0.2) is 0 Å². The number of anilines is 1. The van der Waals surface area contributed by atoms with E-state index in [4.69, 9.17) is 0 Å². The van der Waals surface area contributed by atoms with E-state index in [2.05, 4.69) is 20.6 Å². The molecular formula is C27H21F4N5OS. The summed E-state index contributed by atoms with van der Waals surface area (Å²) in [4.78, 5) is 13.4. The number of carbonyl (C=O) groups is 1. The van der Waals surface area contributed by atoms with Gasteiger partial charge in [-0.15, -0.1) is 10.2 Å². The first kappa shape index (κ1) is 25.5. The van der Waals surface area contributed by atoms with Crippen LogP contribution in [0.15, 0.2) is 78.4 Å². The van der Waals surface area contributed by atoms with Gasteiger partial charge in [-0.3, -0.25) is 4.79 Å². The first-order valence-corrected chi connectivity index (χ1v) is 12.4. The number of carbonyl (C=O) groups excluding carboxylic acids is 1. The summed E-state index contributed by atoms with van der Waals surface area (Å²) < 4.78 is 55.8. The molecule has 38 heavy (non-hydrogen) atoms. The third-order valence-electron chi connectivity index (χ3n) is 6.44. The van der Waals surface area contributed by atoms with Crippen LogP contribution in [0, 0.1) is 11.2 Å². The summed E-state index contributed by atoms with van der Waals surface area (Å²) in [7, 11) is 0. The predicted molar refractivity (Wildman–Crippen MR) is 137 cm³/mol.